The summed E-state index contributed by atoms with van der Waals surface area (Å²) in [6.07, 6.45) is 0. The van der Waals surface area contributed by atoms with Gasteiger partial charge in [0.1, 0.15) is 5.82 Å². The van der Waals surface area contributed by atoms with E-state index in [1.807, 2.05) is 37.5 Å². The van der Waals surface area contributed by atoms with E-state index in [4.69, 9.17) is 0 Å². The number of anilines is 1. The number of aryl methyl sites for hydroxylation is 1. The minimum absolute atomic E-state index is 0.125. The summed E-state index contributed by atoms with van der Waals surface area (Å²) >= 11 is 1.25. The highest BCUT2D eigenvalue weighted by Gasteiger charge is 2.20. The molecule has 0 fully saturated rings. The number of benzene rings is 2. The van der Waals surface area contributed by atoms with Crippen LogP contribution in [0.15, 0.2) is 53.7 Å². The highest BCUT2D eigenvalue weighted by atomic mass is 32.2. The molecule has 3 aromatic rings. The van der Waals surface area contributed by atoms with Gasteiger partial charge >= 0.3 is 0 Å². The van der Waals surface area contributed by atoms with Crippen LogP contribution in [0.25, 0.3) is 0 Å². The van der Waals surface area contributed by atoms with Gasteiger partial charge in [0.05, 0.1) is 11.8 Å². The second-order valence-corrected chi connectivity index (χ2v) is 7.93. The Balaban J connectivity index is 1.61. The zero-order valence-corrected chi connectivity index (χ0v) is 18.4. The molecule has 0 aliphatic rings. The fourth-order valence-electron chi connectivity index (χ4n) is 2.93. The van der Waals surface area contributed by atoms with Crippen LogP contribution in [0.5, 0.6) is 0 Å². The third kappa shape index (κ3) is 5.91. The van der Waals surface area contributed by atoms with Crippen LogP contribution in [0.1, 0.15) is 41.6 Å². The van der Waals surface area contributed by atoms with Crippen molar-refractivity contribution in [3.63, 3.8) is 0 Å². The van der Waals surface area contributed by atoms with E-state index in [-0.39, 0.29) is 29.4 Å². The van der Waals surface area contributed by atoms with Gasteiger partial charge in [0.2, 0.25) is 5.91 Å². The van der Waals surface area contributed by atoms with E-state index in [0.717, 1.165) is 5.56 Å². The zero-order chi connectivity index (χ0) is 22.4. The number of hydrogen-bond donors (Lipinski definition) is 2. The zero-order valence-electron chi connectivity index (χ0n) is 17.6. The second-order valence-electron chi connectivity index (χ2n) is 6.99. The molecule has 2 N–H and O–H groups in total. The lowest BCUT2D eigenvalue weighted by Gasteiger charge is -2.15. The molecular formula is C22H24FN5O2S. The predicted octanol–water partition coefficient (Wildman–Crippen LogP) is 3.97. The van der Waals surface area contributed by atoms with E-state index >= 15 is 0 Å². The minimum atomic E-state index is -0.362. The molecule has 2 aromatic carbocycles. The van der Waals surface area contributed by atoms with E-state index in [2.05, 4.69) is 20.8 Å². The number of nitrogens with zero attached hydrogens (tertiary/aromatic N) is 3. The Labute approximate surface area is 184 Å². The van der Waals surface area contributed by atoms with Crippen molar-refractivity contribution in [3.05, 3.63) is 71.3 Å². The number of halogens is 1. The van der Waals surface area contributed by atoms with Gasteiger partial charge < -0.3 is 15.2 Å². The van der Waals surface area contributed by atoms with Crippen molar-refractivity contribution in [2.75, 3.05) is 11.1 Å². The molecule has 1 aromatic heterocycles. The Morgan fingerprint density at radius 2 is 1.77 bits per heavy atom. The highest BCUT2D eigenvalue weighted by Crippen LogP contribution is 2.21. The van der Waals surface area contributed by atoms with Crippen LogP contribution >= 0.6 is 11.8 Å². The van der Waals surface area contributed by atoms with Gasteiger partial charge in [0.15, 0.2) is 11.0 Å². The third-order valence-electron chi connectivity index (χ3n) is 4.57. The van der Waals surface area contributed by atoms with Gasteiger partial charge in [-0.1, -0.05) is 29.5 Å². The van der Waals surface area contributed by atoms with Crippen LogP contribution in [0, 0.1) is 12.7 Å². The van der Waals surface area contributed by atoms with Gasteiger partial charge in [-0.2, -0.15) is 0 Å². The molecule has 0 bridgehead atoms. The number of carbonyl (C=O) groups is 2. The fraction of sp³-hybridized carbons (Fsp3) is 0.273. The maximum Gasteiger partial charge on any atom is 0.251 e. The molecule has 0 spiro atoms. The highest BCUT2D eigenvalue weighted by molar-refractivity contribution is 7.99. The normalized spacial score (nSPS) is 11.7. The average Bonchev–Trinajstić information content (AvgIpc) is 3.17. The van der Waals surface area contributed by atoms with E-state index in [9.17, 15) is 14.0 Å². The van der Waals surface area contributed by atoms with Crippen molar-refractivity contribution < 1.29 is 14.0 Å². The van der Waals surface area contributed by atoms with Gasteiger partial charge in [-0.3, -0.25) is 9.59 Å². The Hall–Kier alpha value is -3.20. The number of hydrogen-bond acceptors (Lipinski definition) is 5. The molecular weight excluding hydrogens is 417 g/mol. The van der Waals surface area contributed by atoms with Gasteiger partial charge in [0, 0.05) is 17.8 Å². The Morgan fingerprint density at radius 1 is 1.10 bits per heavy atom. The van der Waals surface area contributed by atoms with Gasteiger partial charge in [-0.25, -0.2) is 4.39 Å². The number of aromatic nitrogens is 3. The largest absolute Gasteiger partial charge is 0.342 e. The van der Waals surface area contributed by atoms with Crippen LogP contribution in [-0.2, 0) is 11.3 Å². The molecule has 7 nitrogen and oxygen atoms in total. The summed E-state index contributed by atoms with van der Waals surface area (Å²) < 4.78 is 14.8. The second kappa shape index (κ2) is 10.2. The smallest absolute Gasteiger partial charge is 0.251 e. The number of thioether (sulfide) groups is 1. The number of rotatable bonds is 8. The van der Waals surface area contributed by atoms with Crippen molar-refractivity contribution in [3.8, 4) is 0 Å². The summed E-state index contributed by atoms with van der Waals surface area (Å²) in [5, 5.41) is 14.6. The SMILES string of the molecule is CCn1c(SCC(=O)Nc2ccc(F)cc2)nnc1[C@H](C)NC(=O)c1ccc(C)cc1. The Morgan fingerprint density at radius 3 is 2.42 bits per heavy atom. The first-order valence-electron chi connectivity index (χ1n) is 9.86. The van der Waals surface area contributed by atoms with E-state index in [1.54, 1.807) is 12.1 Å². The predicted molar refractivity (Wildman–Crippen MR) is 119 cm³/mol. The quantitative estimate of drug-likeness (QED) is 0.517. The van der Waals surface area contributed by atoms with Crippen LogP contribution in [0.2, 0.25) is 0 Å². The van der Waals surface area contributed by atoms with Gasteiger partial charge in [-0.15, -0.1) is 10.2 Å². The summed E-state index contributed by atoms with van der Waals surface area (Å²) in [6, 6.07) is 12.6. The first-order valence-corrected chi connectivity index (χ1v) is 10.8. The van der Waals surface area contributed by atoms with E-state index in [0.29, 0.717) is 28.8 Å². The molecule has 0 aliphatic heterocycles. The molecule has 0 saturated heterocycles. The van der Waals surface area contributed by atoms with E-state index in [1.165, 1.54) is 36.0 Å². The summed E-state index contributed by atoms with van der Waals surface area (Å²) in [5.41, 5.74) is 2.18. The van der Waals surface area contributed by atoms with Crippen LogP contribution in [0.3, 0.4) is 0 Å². The Kier molecular flexibility index (Phi) is 7.41. The lowest BCUT2D eigenvalue weighted by atomic mass is 10.1. The van der Waals surface area contributed by atoms with Crippen molar-refractivity contribution in [2.24, 2.45) is 0 Å². The summed E-state index contributed by atoms with van der Waals surface area (Å²) in [5.74, 6) is -0.0425. The lowest BCUT2D eigenvalue weighted by Crippen LogP contribution is -2.28. The number of nitrogens with one attached hydrogen (secondary N) is 2. The molecule has 9 heteroatoms. The van der Waals surface area contributed by atoms with Crippen molar-refractivity contribution in [1.82, 2.24) is 20.1 Å². The number of amides is 2. The molecule has 31 heavy (non-hydrogen) atoms. The summed E-state index contributed by atoms with van der Waals surface area (Å²) in [4.78, 5) is 24.7. The molecule has 0 aliphatic carbocycles. The molecule has 0 saturated carbocycles. The molecule has 1 atom stereocenters. The van der Waals surface area contributed by atoms with Crippen molar-refractivity contribution in [1.29, 1.82) is 0 Å². The monoisotopic (exact) mass is 441 g/mol. The maximum atomic E-state index is 13.0. The van der Waals surface area contributed by atoms with Crippen molar-refractivity contribution >= 4 is 29.3 Å². The molecule has 0 unspecified atom stereocenters. The topological polar surface area (TPSA) is 88.9 Å². The number of carbonyl (C=O) groups excluding carboxylic acids is 2. The third-order valence-corrected chi connectivity index (χ3v) is 5.54. The lowest BCUT2D eigenvalue weighted by molar-refractivity contribution is -0.113. The van der Waals surface area contributed by atoms with Gasteiger partial charge in [-0.05, 0) is 57.2 Å². The molecule has 2 amide bonds. The minimum Gasteiger partial charge on any atom is -0.342 e. The van der Waals surface area contributed by atoms with Crippen LogP contribution in [0.4, 0.5) is 10.1 Å². The fourth-order valence-corrected chi connectivity index (χ4v) is 3.74. The van der Waals surface area contributed by atoms with Gasteiger partial charge in [0.25, 0.3) is 5.91 Å². The van der Waals surface area contributed by atoms with Crippen LogP contribution < -0.4 is 10.6 Å². The summed E-state index contributed by atoms with van der Waals surface area (Å²) in [7, 11) is 0. The Bertz CT molecular complexity index is 1050. The molecule has 0 radical (unpaired) electrons. The molecule has 3 rings (SSSR count). The average molecular weight is 442 g/mol. The molecule has 162 valence electrons. The molecule has 1 heterocycles. The first kappa shape index (κ1) is 22.5. The van der Waals surface area contributed by atoms with Crippen molar-refractivity contribution in [2.45, 2.75) is 38.5 Å². The standard InChI is InChI=1S/C22H24FN5O2S/c1-4-28-20(15(3)24-21(30)16-7-5-14(2)6-8-16)26-27-22(28)31-13-19(29)25-18-11-9-17(23)10-12-18/h5-12,15H,4,13H2,1-3H3,(H,24,30)(H,25,29)/t15-/m0/s1. The maximum absolute atomic E-state index is 13.0. The van der Waals surface area contributed by atoms with Crippen LogP contribution in [-0.4, -0.2) is 32.3 Å². The first-order chi connectivity index (χ1) is 14.9. The van der Waals surface area contributed by atoms with E-state index < -0.39 is 0 Å². The summed E-state index contributed by atoms with van der Waals surface area (Å²) in [6.45, 7) is 6.35.